The van der Waals surface area contributed by atoms with Gasteiger partial charge in [-0.05, 0) is 41.0 Å². The molecule has 0 radical (unpaired) electrons. The van der Waals surface area contributed by atoms with Crippen LogP contribution in [0.25, 0.3) is 11.1 Å². The molecule has 158 valence electrons. The molecule has 4 aromatic rings. The van der Waals surface area contributed by atoms with Gasteiger partial charge in [-0.3, -0.25) is 9.59 Å². The average molecular weight is 438 g/mol. The van der Waals surface area contributed by atoms with Gasteiger partial charge < -0.3 is 5.32 Å². The molecule has 0 heterocycles. The smallest absolute Gasteiger partial charge is 0.228 e. The van der Waals surface area contributed by atoms with Gasteiger partial charge in [-0.2, -0.15) is 0 Å². The lowest BCUT2D eigenvalue weighted by molar-refractivity contribution is -0.115. The van der Waals surface area contributed by atoms with Crippen LogP contribution in [0, 0.1) is 0 Å². The molecule has 3 nitrogen and oxygen atoms in total. The van der Waals surface area contributed by atoms with Gasteiger partial charge in [0.05, 0.1) is 12.2 Å². The molecule has 0 aromatic heterocycles. The summed E-state index contributed by atoms with van der Waals surface area (Å²) in [4.78, 5) is 25.8. The zero-order chi connectivity index (χ0) is 22.2. The molecule has 1 amide bonds. The van der Waals surface area contributed by atoms with E-state index in [2.05, 4.69) is 17.4 Å². The normalized spacial score (nSPS) is 10.5. The largest absolute Gasteiger partial charge is 0.326 e. The highest BCUT2D eigenvalue weighted by Crippen LogP contribution is 2.23. The van der Waals surface area contributed by atoms with E-state index in [1.807, 2.05) is 97.1 Å². The number of anilines is 1. The number of nitrogens with one attached hydrogen (secondary N) is 1. The van der Waals surface area contributed by atoms with Gasteiger partial charge in [0.15, 0.2) is 5.78 Å². The lowest BCUT2D eigenvalue weighted by Crippen LogP contribution is -2.14. The zero-order valence-electron chi connectivity index (χ0n) is 17.5. The first-order valence-corrected chi connectivity index (χ1v) is 11.4. The van der Waals surface area contributed by atoms with E-state index in [-0.39, 0.29) is 11.7 Å². The molecule has 4 rings (SSSR count). The Kier molecular flexibility index (Phi) is 7.15. The monoisotopic (exact) mass is 437 g/mol. The van der Waals surface area contributed by atoms with Crippen molar-refractivity contribution in [2.45, 2.75) is 11.3 Å². The second kappa shape index (κ2) is 10.6. The van der Waals surface area contributed by atoms with Crippen LogP contribution in [0.5, 0.6) is 0 Å². The van der Waals surface area contributed by atoms with Crippen molar-refractivity contribution in [2.75, 3.05) is 11.1 Å². The highest BCUT2D eigenvalue weighted by atomic mass is 32.2. The van der Waals surface area contributed by atoms with Gasteiger partial charge in [-0.25, -0.2) is 0 Å². The number of ketones is 1. The Hall–Kier alpha value is -3.63. The summed E-state index contributed by atoms with van der Waals surface area (Å²) in [5.74, 6) is 0.408. The van der Waals surface area contributed by atoms with Crippen molar-refractivity contribution >= 4 is 29.1 Å². The van der Waals surface area contributed by atoms with Crippen molar-refractivity contribution < 1.29 is 9.59 Å². The van der Waals surface area contributed by atoms with Gasteiger partial charge in [0.2, 0.25) is 5.91 Å². The molecule has 0 saturated carbocycles. The lowest BCUT2D eigenvalue weighted by Gasteiger charge is -2.07. The topological polar surface area (TPSA) is 46.2 Å². The molecule has 0 aliphatic heterocycles. The summed E-state index contributed by atoms with van der Waals surface area (Å²) < 4.78 is 0. The summed E-state index contributed by atoms with van der Waals surface area (Å²) in [6, 6.07) is 35.1. The molecule has 4 aromatic carbocycles. The van der Waals surface area contributed by atoms with E-state index in [1.165, 1.54) is 11.8 Å². The van der Waals surface area contributed by atoms with Gasteiger partial charge in [-0.15, -0.1) is 11.8 Å². The first-order chi connectivity index (χ1) is 15.7. The Bertz CT molecular complexity index is 1170. The predicted molar refractivity (Wildman–Crippen MR) is 132 cm³/mol. The minimum Gasteiger partial charge on any atom is -0.326 e. The number of thioether (sulfide) groups is 1. The Morgan fingerprint density at radius 2 is 1.25 bits per heavy atom. The third-order valence-corrected chi connectivity index (χ3v) is 6.04. The molecule has 0 fully saturated rings. The average Bonchev–Trinajstić information content (AvgIpc) is 2.84. The summed E-state index contributed by atoms with van der Waals surface area (Å²) in [6.45, 7) is 0. The van der Waals surface area contributed by atoms with E-state index in [0.717, 1.165) is 27.3 Å². The van der Waals surface area contributed by atoms with E-state index in [9.17, 15) is 9.59 Å². The standard InChI is InChI=1S/C28H23NO2S/c30-27(24-13-11-23(12-14-24)22-9-5-2-6-10-22)20-32-26-17-15-25(16-18-26)29-28(31)19-21-7-3-1-4-8-21/h1-18H,19-20H2,(H,29,31). The molecule has 32 heavy (non-hydrogen) atoms. The molecular formula is C28H23NO2S. The Balaban J connectivity index is 1.28. The van der Waals surface area contributed by atoms with Gasteiger partial charge >= 0.3 is 0 Å². The number of carbonyl (C=O) groups is 2. The van der Waals surface area contributed by atoms with Gasteiger partial charge in [0.25, 0.3) is 0 Å². The fourth-order valence-corrected chi connectivity index (χ4v) is 4.13. The minimum atomic E-state index is -0.0502. The van der Waals surface area contributed by atoms with Gasteiger partial charge in [0, 0.05) is 16.1 Å². The van der Waals surface area contributed by atoms with E-state index in [0.29, 0.717) is 17.7 Å². The number of rotatable bonds is 8. The lowest BCUT2D eigenvalue weighted by atomic mass is 10.0. The van der Waals surface area contributed by atoms with Crippen LogP contribution in [0.4, 0.5) is 5.69 Å². The van der Waals surface area contributed by atoms with Crippen molar-refractivity contribution in [2.24, 2.45) is 0 Å². The van der Waals surface area contributed by atoms with Crippen LogP contribution in [0.15, 0.2) is 114 Å². The van der Waals surface area contributed by atoms with Gasteiger partial charge in [-0.1, -0.05) is 84.9 Å². The summed E-state index contributed by atoms with van der Waals surface area (Å²) >= 11 is 1.49. The number of hydrogen-bond acceptors (Lipinski definition) is 3. The number of hydrogen-bond donors (Lipinski definition) is 1. The summed E-state index contributed by atoms with van der Waals surface area (Å²) in [5, 5.41) is 2.91. The molecule has 0 spiro atoms. The summed E-state index contributed by atoms with van der Waals surface area (Å²) in [5.41, 5.74) is 4.67. The maximum atomic E-state index is 12.6. The van der Waals surface area contributed by atoms with Crippen molar-refractivity contribution in [3.63, 3.8) is 0 Å². The van der Waals surface area contributed by atoms with Gasteiger partial charge in [0.1, 0.15) is 0 Å². The van der Waals surface area contributed by atoms with Crippen molar-refractivity contribution in [3.8, 4) is 11.1 Å². The van der Waals surface area contributed by atoms with Crippen LogP contribution in [0.2, 0.25) is 0 Å². The molecule has 1 N–H and O–H groups in total. The maximum Gasteiger partial charge on any atom is 0.228 e. The molecule has 0 bridgehead atoms. The van der Waals surface area contributed by atoms with Crippen LogP contribution in [0.1, 0.15) is 15.9 Å². The highest BCUT2D eigenvalue weighted by molar-refractivity contribution is 8.00. The van der Waals surface area contributed by atoms with E-state index < -0.39 is 0 Å². The van der Waals surface area contributed by atoms with Crippen LogP contribution in [0.3, 0.4) is 0 Å². The quantitative estimate of drug-likeness (QED) is 0.252. The molecule has 0 unspecified atom stereocenters. The van der Waals surface area contributed by atoms with Crippen LogP contribution in [-0.4, -0.2) is 17.4 Å². The maximum absolute atomic E-state index is 12.6. The van der Waals surface area contributed by atoms with Crippen molar-refractivity contribution in [1.29, 1.82) is 0 Å². The van der Waals surface area contributed by atoms with E-state index in [4.69, 9.17) is 0 Å². The zero-order valence-corrected chi connectivity index (χ0v) is 18.3. The van der Waals surface area contributed by atoms with Crippen LogP contribution in [-0.2, 0) is 11.2 Å². The van der Waals surface area contributed by atoms with E-state index >= 15 is 0 Å². The number of benzene rings is 4. The first kappa shape index (κ1) is 21.6. The van der Waals surface area contributed by atoms with Crippen molar-refractivity contribution in [3.05, 3.63) is 120 Å². The molecule has 0 atom stereocenters. The third kappa shape index (κ3) is 5.96. The molecular weight excluding hydrogens is 414 g/mol. The SMILES string of the molecule is O=C(Cc1ccccc1)Nc1ccc(SCC(=O)c2ccc(-c3ccccc3)cc2)cc1. The third-order valence-electron chi connectivity index (χ3n) is 5.03. The number of amides is 1. The number of Topliss-reactive ketones (excluding diaryl/α,β-unsaturated/α-hetero) is 1. The predicted octanol–water partition coefficient (Wildman–Crippen LogP) is 6.51. The molecule has 0 aliphatic rings. The van der Waals surface area contributed by atoms with E-state index in [1.54, 1.807) is 0 Å². The van der Waals surface area contributed by atoms with Crippen molar-refractivity contribution in [1.82, 2.24) is 0 Å². The second-order valence-corrected chi connectivity index (χ2v) is 8.44. The minimum absolute atomic E-state index is 0.0502. The van der Waals surface area contributed by atoms with Crippen LogP contribution >= 0.6 is 11.8 Å². The Morgan fingerprint density at radius 3 is 1.91 bits per heavy atom. The number of carbonyl (C=O) groups excluding carboxylic acids is 2. The summed E-state index contributed by atoms with van der Waals surface area (Å²) in [6.07, 6.45) is 0.342. The molecule has 0 aliphatic carbocycles. The second-order valence-electron chi connectivity index (χ2n) is 7.39. The fourth-order valence-electron chi connectivity index (χ4n) is 3.33. The highest BCUT2D eigenvalue weighted by Gasteiger charge is 2.08. The fraction of sp³-hybridized carbons (Fsp3) is 0.0714. The van der Waals surface area contributed by atoms with Crippen LogP contribution < -0.4 is 5.32 Å². The Labute approximate surface area is 192 Å². The molecule has 0 saturated heterocycles. The summed E-state index contributed by atoms with van der Waals surface area (Å²) in [7, 11) is 0. The molecule has 4 heteroatoms. The first-order valence-electron chi connectivity index (χ1n) is 10.4. The Morgan fingerprint density at radius 1 is 0.656 bits per heavy atom.